The minimum absolute atomic E-state index is 0.00295. The smallest absolute Gasteiger partial charge is 0.399 e. The zero-order chi connectivity index (χ0) is 20.7. The third kappa shape index (κ3) is 3.75. The van der Waals surface area contributed by atoms with Gasteiger partial charge in [-0.1, -0.05) is 24.3 Å². The highest BCUT2D eigenvalue weighted by Crippen LogP contribution is 2.36. The standard InChI is InChI=1S/C20H26BN3O4/c1-13-11-12-22-18(17(13)24(25)26)23-14(2)15-7-9-16(10-8-15)21-27-19(3,4)20(5,6)28-21/h7-12,14H,1-6H3,(H,22,23)/t14-/m1/s1. The van der Waals surface area contributed by atoms with Crippen molar-refractivity contribution >= 4 is 24.1 Å². The minimum Gasteiger partial charge on any atom is -0.399 e. The second kappa shape index (κ2) is 7.18. The Labute approximate surface area is 165 Å². The molecule has 0 radical (unpaired) electrons. The van der Waals surface area contributed by atoms with E-state index < -0.39 is 12.0 Å². The lowest BCUT2D eigenvalue weighted by molar-refractivity contribution is -0.384. The molecule has 7 nitrogen and oxygen atoms in total. The molecular weight excluding hydrogens is 357 g/mol. The van der Waals surface area contributed by atoms with Crippen molar-refractivity contribution in [2.24, 2.45) is 0 Å². The van der Waals surface area contributed by atoms with Gasteiger partial charge in [-0.15, -0.1) is 0 Å². The lowest BCUT2D eigenvalue weighted by Crippen LogP contribution is -2.41. The van der Waals surface area contributed by atoms with Crippen molar-refractivity contribution in [2.45, 2.75) is 58.8 Å². The van der Waals surface area contributed by atoms with Crippen LogP contribution in [0.2, 0.25) is 0 Å². The van der Waals surface area contributed by atoms with Crippen molar-refractivity contribution in [3.8, 4) is 0 Å². The summed E-state index contributed by atoms with van der Waals surface area (Å²) in [6.07, 6.45) is 1.57. The summed E-state index contributed by atoms with van der Waals surface area (Å²) in [6, 6.07) is 9.36. The third-order valence-electron chi connectivity index (χ3n) is 5.62. The molecule has 1 aliphatic rings. The van der Waals surface area contributed by atoms with Gasteiger partial charge in [-0.2, -0.15) is 0 Å². The first kappa shape index (κ1) is 20.3. The fourth-order valence-electron chi connectivity index (χ4n) is 3.10. The summed E-state index contributed by atoms with van der Waals surface area (Å²) in [5.41, 5.74) is 1.73. The molecule has 2 heterocycles. The number of aromatic nitrogens is 1. The van der Waals surface area contributed by atoms with Gasteiger partial charge < -0.3 is 14.6 Å². The monoisotopic (exact) mass is 383 g/mol. The Balaban J connectivity index is 1.76. The fraction of sp³-hybridized carbons (Fsp3) is 0.450. The Bertz CT molecular complexity index is 868. The summed E-state index contributed by atoms with van der Waals surface area (Å²) in [5.74, 6) is 0.271. The van der Waals surface area contributed by atoms with E-state index in [9.17, 15) is 10.1 Å². The predicted molar refractivity (Wildman–Crippen MR) is 110 cm³/mol. The van der Waals surface area contributed by atoms with Gasteiger partial charge in [0.25, 0.3) is 0 Å². The molecule has 0 spiro atoms. The highest BCUT2D eigenvalue weighted by Gasteiger charge is 2.51. The molecule has 1 saturated heterocycles. The van der Waals surface area contributed by atoms with Crippen LogP contribution in [0.15, 0.2) is 36.5 Å². The molecule has 1 fully saturated rings. The summed E-state index contributed by atoms with van der Waals surface area (Å²) < 4.78 is 12.2. The normalized spacial score (nSPS) is 18.7. The molecule has 3 rings (SSSR count). The molecule has 2 aromatic rings. The topological polar surface area (TPSA) is 86.5 Å². The molecule has 1 N–H and O–H groups in total. The van der Waals surface area contributed by atoms with Gasteiger partial charge in [0.05, 0.1) is 22.2 Å². The van der Waals surface area contributed by atoms with Crippen LogP contribution in [0.4, 0.5) is 11.5 Å². The number of hydrogen-bond acceptors (Lipinski definition) is 6. The highest BCUT2D eigenvalue weighted by atomic mass is 16.7. The molecule has 0 amide bonds. The van der Waals surface area contributed by atoms with Gasteiger partial charge in [-0.3, -0.25) is 10.1 Å². The van der Waals surface area contributed by atoms with Gasteiger partial charge in [-0.05, 0) is 58.6 Å². The molecule has 8 heteroatoms. The van der Waals surface area contributed by atoms with Crippen LogP contribution in [0.1, 0.15) is 51.8 Å². The molecule has 148 valence electrons. The van der Waals surface area contributed by atoms with Crippen LogP contribution in [0.5, 0.6) is 0 Å². The first-order valence-electron chi connectivity index (χ1n) is 9.34. The Hall–Kier alpha value is -2.45. The quantitative estimate of drug-likeness (QED) is 0.481. The van der Waals surface area contributed by atoms with Crippen molar-refractivity contribution in [3.63, 3.8) is 0 Å². The Kier molecular flexibility index (Phi) is 5.21. The molecule has 1 aromatic carbocycles. The number of benzene rings is 1. The van der Waals surface area contributed by atoms with E-state index in [1.54, 1.807) is 19.2 Å². The number of nitro groups is 1. The average Bonchev–Trinajstić information content (AvgIpc) is 2.82. The SMILES string of the molecule is Cc1ccnc(N[C@H](C)c2ccc(B3OC(C)(C)C(C)(C)O3)cc2)c1[N+](=O)[O-]. The van der Waals surface area contributed by atoms with E-state index in [1.165, 1.54) is 0 Å². The minimum atomic E-state index is -0.415. The Morgan fingerprint density at radius 2 is 1.68 bits per heavy atom. The number of pyridine rings is 1. The summed E-state index contributed by atoms with van der Waals surface area (Å²) in [7, 11) is -0.415. The van der Waals surface area contributed by atoms with E-state index >= 15 is 0 Å². The van der Waals surface area contributed by atoms with Gasteiger partial charge in [0.2, 0.25) is 5.82 Å². The molecule has 28 heavy (non-hydrogen) atoms. The van der Waals surface area contributed by atoms with E-state index in [-0.39, 0.29) is 28.7 Å². The average molecular weight is 383 g/mol. The van der Waals surface area contributed by atoms with Gasteiger partial charge in [0, 0.05) is 11.8 Å². The van der Waals surface area contributed by atoms with Crippen molar-refractivity contribution in [1.29, 1.82) is 0 Å². The predicted octanol–water partition coefficient (Wildman–Crippen LogP) is 3.77. The lowest BCUT2D eigenvalue weighted by atomic mass is 9.78. The largest absolute Gasteiger partial charge is 0.494 e. The molecule has 0 aliphatic carbocycles. The van der Waals surface area contributed by atoms with E-state index in [2.05, 4.69) is 10.3 Å². The second-order valence-corrected chi connectivity index (χ2v) is 8.20. The molecule has 0 saturated carbocycles. The molecule has 0 bridgehead atoms. The van der Waals surface area contributed by atoms with Crippen molar-refractivity contribution in [1.82, 2.24) is 4.98 Å². The third-order valence-corrected chi connectivity index (χ3v) is 5.62. The zero-order valence-electron chi connectivity index (χ0n) is 17.1. The van der Waals surface area contributed by atoms with Gasteiger partial charge in [0.1, 0.15) is 0 Å². The Morgan fingerprint density at radius 1 is 1.11 bits per heavy atom. The summed E-state index contributed by atoms with van der Waals surface area (Å²) in [6.45, 7) is 11.7. The number of nitrogens with zero attached hydrogens (tertiary/aromatic N) is 2. The number of anilines is 1. The number of rotatable bonds is 5. The maximum atomic E-state index is 11.4. The Morgan fingerprint density at radius 3 is 2.21 bits per heavy atom. The maximum absolute atomic E-state index is 11.4. The number of nitrogens with one attached hydrogen (secondary N) is 1. The van der Waals surface area contributed by atoms with Crippen LogP contribution < -0.4 is 10.8 Å². The van der Waals surface area contributed by atoms with Crippen LogP contribution in [0.25, 0.3) is 0 Å². The van der Waals surface area contributed by atoms with Crippen LogP contribution in [0.3, 0.4) is 0 Å². The van der Waals surface area contributed by atoms with Crippen LogP contribution in [-0.4, -0.2) is 28.2 Å². The highest BCUT2D eigenvalue weighted by molar-refractivity contribution is 6.62. The summed E-state index contributed by atoms with van der Waals surface area (Å²) >= 11 is 0. The zero-order valence-corrected chi connectivity index (χ0v) is 17.1. The second-order valence-electron chi connectivity index (χ2n) is 8.20. The summed E-state index contributed by atoms with van der Waals surface area (Å²) in [5, 5.41) is 14.5. The maximum Gasteiger partial charge on any atom is 0.494 e. The van der Waals surface area contributed by atoms with Crippen molar-refractivity contribution in [2.75, 3.05) is 5.32 Å². The van der Waals surface area contributed by atoms with Crippen LogP contribution in [-0.2, 0) is 9.31 Å². The van der Waals surface area contributed by atoms with E-state index in [0.29, 0.717) is 5.56 Å². The van der Waals surface area contributed by atoms with Crippen LogP contribution >= 0.6 is 0 Å². The number of hydrogen-bond donors (Lipinski definition) is 1. The van der Waals surface area contributed by atoms with Gasteiger partial charge >= 0.3 is 12.8 Å². The molecular formula is C20H26BN3O4. The van der Waals surface area contributed by atoms with Crippen molar-refractivity contribution < 1.29 is 14.2 Å². The van der Waals surface area contributed by atoms with Gasteiger partial charge in [-0.25, -0.2) is 4.98 Å². The number of aryl methyl sites for hydroxylation is 1. The fourth-order valence-corrected chi connectivity index (χ4v) is 3.10. The van der Waals surface area contributed by atoms with E-state index in [1.807, 2.05) is 58.9 Å². The molecule has 1 atom stereocenters. The van der Waals surface area contributed by atoms with Crippen molar-refractivity contribution in [3.05, 3.63) is 57.8 Å². The molecule has 1 aliphatic heterocycles. The van der Waals surface area contributed by atoms with E-state index in [0.717, 1.165) is 11.0 Å². The van der Waals surface area contributed by atoms with Crippen LogP contribution in [0, 0.1) is 17.0 Å². The lowest BCUT2D eigenvalue weighted by Gasteiger charge is -2.32. The first-order chi connectivity index (χ1) is 13.0. The molecule has 1 aromatic heterocycles. The summed E-state index contributed by atoms with van der Waals surface area (Å²) in [4.78, 5) is 15.1. The first-order valence-corrected chi connectivity index (χ1v) is 9.34. The van der Waals surface area contributed by atoms with E-state index in [4.69, 9.17) is 9.31 Å². The molecule has 0 unspecified atom stereocenters. The van der Waals surface area contributed by atoms with Gasteiger partial charge in [0.15, 0.2) is 0 Å².